The SMILES string of the molecule is C1CCC2CN3CCNCC3CC2C1.Cl.Cl.O. The van der Waals surface area contributed by atoms with E-state index in [2.05, 4.69) is 10.2 Å². The third-order valence-corrected chi connectivity index (χ3v) is 4.58. The molecule has 0 aromatic heterocycles. The van der Waals surface area contributed by atoms with Crippen LogP contribution >= 0.6 is 24.8 Å². The molecule has 0 amide bonds. The normalized spacial score (nSPS) is 36.4. The highest BCUT2D eigenvalue weighted by atomic mass is 35.5. The average molecular weight is 285 g/mol. The van der Waals surface area contributed by atoms with E-state index >= 15 is 0 Å². The first kappa shape index (κ1) is 17.5. The van der Waals surface area contributed by atoms with Crippen molar-refractivity contribution in [1.29, 1.82) is 0 Å². The van der Waals surface area contributed by atoms with Crippen LogP contribution in [-0.2, 0) is 0 Å². The third-order valence-electron chi connectivity index (χ3n) is 4.58. The van der Waals surface area contributed by atoms with Crippen molar-refractivity contribution >= 4 is 24.8 Å². The van der Waals surface area contributed by atoms with Crippen molar-refractivity contribution in [2.24, 2.45) is 11.8 Å². The maximum Gasteiger partial charge on any atom is 0.0224 e. The van der Waals surface area contributed by atoms with Gasteiger partial charge in [-0.25, -0.2) is 0 Å². The number of halogens is 2. The van der Waals surface area contributed by atoms with E-state index < -0.39 is 0 Å². The quantitative estimate of drug-likeness (QED) is 0.733. The van der Waals surface area contributed by atoms with Gasteiger partial charge in [0.05, 0.1) is 0 Å². The molecule has 3 N–H and O–H groups in total. The van der Waals surface area contributed by atoms with Crippen molar-refractivity contribution in [2.75, 3.05) is 26.2 Å². The summed E-state index contributed by atoms with van der Waals surface area (Å²) in [6.07, 6.45) is 7.52. The first-order valence-corrected chi connectivity index (χ1v) is 6.38. The molecule has 0 aromatic carbocycles. The van der Waals surface area contributed by atoms with Crippen molar-refractivity contribution in [3.63, 3.8) is 0 Å². The minimum Gasteiger partial charge on any atom is -0.412 e. The molecule has 2 saturated heterocycles. The molecule has 5 heteroatoms. The Morgan fingerprint density at radius 1 is 1.00 bits per heavy atom. The van der Waals surface area contributed by atoms with Crippen molar-refractivity contribution in [3.05, 3.63) is 0 Å². The Bertz CT molecular complexity index is 177. The third kappa shape index (κ3) is 3.71. The number of hydrogen-bond donors (Lipinski definition) is 1. The van der Waals surface area contributed by atoms with Crippen LogP contribution in [-0.4, -0.2) is 42.6 Å². The van der Waals surface area contributed by atoms with E-state index in [-0.39, 0.29) is 30.3 Å². The standard InChI is InChI=1S/C12H22N2.2ClH.H2O/c1-2-4-11-9-14-6-5-13-8-12(14)7-10(11)3-1;;;/h10-13H,1-9H2;2*1H;1H2. The van der Waals surface area contributed by atoms with E-state index in [1.165, 1.54) is 58.3 Å². The maximum absolute atomic E-state index is 3.54. The van der Waals surface area contributed by atoms with E-state index in [1.54, 1.807) is 0 Å². The summed E-state index contributed by atoms with van der Waals surface area (Å²) < 4.78 is 0. The van der Waals surface area contributed by atoms with Crippen LogP contribution in [0.2, 0.25) is 0 Å². The van der Waals surface area contributed by atoms with Crippen LogP contribution in [0.4, 0.5) is 0 Å². The first-order chi connectivity index (χ1) is 6.93. The molecule has 3 rings (SSSR count). The van der Waals surface area contributed by atoms with E-state index in [0.717, 1.165) is 17.9 Å². The smallest absolute Gasteiger partial charge is 0.0224 e. The van der Waals surface area contributed by atoms with E-state index in [9.17, 15) is 0 Å². The van der Waals surface area contributed by atoms with Gasteiger partial charge in [-0.2, -0.15) is 0 Å². The lowest BCUT2D eigenvalue weighted by molar-refractivity contribution is 0.0255. The maximum atomic E-state index is 3.54. The van der Waals surface area contributed by atoms with Crippen LogP contribution in [0.15, 0.2) is 0 Å². The zero-order chi connectivity index (χ0) is 9.38. The van der Waals surface area contributed by atoms with Gasteiger partial charge >= 0.3 is 0 Å². The lowest BCUT2D eigenvalue weighted by Crippen LogP contribution is -2.57. The Kier molecular flexibility index (Phi) is 8.01. The molecule has 0 spiro atoms. The van der Waals surface area contributed by atoms with Gasteiger partial charge in [-0.15, -0.1) is 24.8 Å². The van der Waals surface area contributed by atoms with Crippen molar-refractivity contribution in [2.45, 2.75) is 38.1 Å². The van der Waals surface area contributed by atoms with Gasteiger partial charge in [0.1, 0.15) is 0 Å². The Balaban J connectivity index is 0.000000853. The molecule has 1 aliphatic carbocycles. The van der Waals surface area contributed by atoms with Crippen LogP contribution in [0.3, 0.4) is 0 Å². The monoisotopic (exact) mass is 284 g/mol. The lowest BCUT2D eigenvalue weighted by Gasteiger charge is -2.48. The zero-order valence-corrected chi connectivity index (χ0v) is 12.0. The second-order valence-corrected chi connectivity index (χ2v) is 5.39. The Hall–Kier alpha value is 0.460. The number of nitrogens with zero attached hydrogens (tertiary/aromatic N) is 1. The second kappa shape index (κ2) is 7.80. The molecule has 3 nitrogen and oxygen atoms in total. The molecule has 104 valence electrons. The van der Waals surface area contributed by atoms with Crippen LogP contribution in [0.5, 0.6) is 0 Å². The van der Waals surface area contributed by atoms with Gasteiger partial charge in [0.25, 0.3) is 0 Å². The average Bonchev–Trinajstić information content (AvgIpc) is 2.26. The summed E-state index contributed by atoms with van der Waals surface area (Å²) in [5.74, 6) is 2.13. The van der Waals surface area contributed by atoms with E-state index in [4.69, 9.17) is 0 Å². The number of fused-ring (bicyclic) bond motifs is 2. The Morgan fingerprint density at radius 2 is 1.71 bits per heavy atom. The fraction of sp³-hybridized carbons (Fsp3) is 1.00. The summed E-state index contributed by atoms with van der Waals surface area (Å²) in [4.78, 5) is 2.75. The molecule has 3 atom stereocenters. The summed E-state index contributed by atoms with van der Waals surface area (Å²) in [6, 6.07) is 0.878. The van der Waals surface area contributed by atoms with Gasteiger partial charge in [0.2, 0.25) is 0 Å². The minimum atomic E-state index is 0. The fourth-order valence-corrected chi connectivity index (χ4v) is 3.76. The van der Waals surface area contributed by atoms with Crippen LogP contribution < -0.4 is 5.32 Å². The Labute approximate surface area is 117 Å². The van der Waals surface area contributed by atoms with Gasteiger partial charge in [-0.3, -0.25) is 4.90 Å². The van der Waals surface area contributed by atoms with Gasteiger partial charge in [0, 0.05) is 32.2 Å². The molecule has 2 aliphatic heterocycles. The molecular formula is C12H26Cl2N2O. The first-order valence-electron chi connectivity index (χ1n) is 6.38. The number of piperidine rings is 1. The summed E-state index contributed by atoms with van der Waals surface area (Å²) in [5.41, 5.74) is 0. The molecule has 0 radical (unpaired) electrons. The number of nitrogens with one attached hydrogen (secondary N) is 1. The van der Waals surface area contributed by atoms with Gasteiger partial charge < -0.3 is 10.8 Å². The summed E-state index contributed by atoms with van der Waals surface area (Å²) in [7, 11) is 0. The summed E-state index contributed by atoms with van der Waals surface area (Å²) >= 11 is 0. The van der Waals surface area contributed by atoms with E-state index in [1.807, 2.05) is 0 Å². The highest BCUT2D eigenvalue weighted by molar-refractivity contribution is 5.85. The Morgan fingerprint density at radius 3 is 2.47 bits per heavy atom. The summed E-state index contributed by atoms with van der Waals surface area (Å²) in [5, 5.41) is 3.54. The van der Waals surface area contributed by atoms with E-state index in [0.29, 0.717) is 0 Å². The molecule has 3 aliphatic rings. The van der Waals surface area contributed by atoms with Crippen LogP contribution in [0.1, 0.15) is 32.1 Å². The molecular weight excluding hydrogens is 259 g/mol. The molecule has 3 unspecified atom stereocenters. The van der Waals surface area contributed by atoms with Crippen molar-refractivity contribution in [3.8, 4) is 0 Å². The molecule has 0 bridgehead atoms. The van der Waals surface area contributed by atoms with Gasteiger partial charge in [-0.05, 0) is 24.7 Å². The number of rotatable bonds is 0. The topological polar surface area (TPSA) is 46.8 Å². The predicted molar refractivity (Wildman–Crippen MR) is 76.4 cm³/mol. The molecule has 1 saturated carbocycles. The minimum absolute atomic E-state index is 0. The molecule has 2 heterocycles. The molecule has 3 fully saturated rings. The van der Waals surface area contributed by atoms with Crippen molar-refractivity contribution in [1.82, 2.24) is 10.2 Å². The van der Waals surface area contributed by atoms with Crippen LogP contribution in [0, 0.1) is 11.8 Å². The largest absolute Gasteiger partial charge is 0.412 e. The van der Waals surface area contributed by atoms with Crippen molar-refractivity contribution < 1.29 is 5.48 Å². The van der Waals surface area contributed by atoms with Gasteiger partial charge in [0.15, 0.2) is 0 Å². The predicted octanol–water partition coefficient (Wildman–Crippen LogP) is 1.49. The molecule has 17 heavy (non-hydrogen) atoms. The second-order valence-electron chi connectivity index (χ2n) is 5.39. The molecule has 0 aromatic rings. The van der Waals surface area contributed by atoms with Crippen LogP contribution in [0.25, 0.3) is 0 Å². The number of hydrogen-bond acceptors (Lipinski definition) is 2. The summed E-state index contributed by atoms with van der Waals surface area (Å²) in [6.45, 7) is 5.18. The highest BCUT2D eigenvalue weighted by Gasteiger charge is 2.37. The zero-order valence-electron chi connectivity index (χ0n) is 10.4. The lowest BCUT2D eigenvalue weighted by atomic mass is 9.72. The fourth-order valence-electron chi connectivity index (χ4n) is 3.76. The highest BCUT2D eigenvalue weighted by Crippen LogP contribution is 2.38. The number of piperazine rings is 1. The van der Waals surface area contributed by atoms with Gasteiger partial charge in [-0.1, -0.05) is 19.3 Å².